The van der Waals surface area contributed by atoms with Gasteiger partial charge in [-0.1, -0.05) is 13.0 Å². The van der Waals surface area contributed by atoms with Crippen molar-refractivity contribution in [3.05, 3.63) is 34.0 Å². The largest absolute Gasteiger partial charge is 0.356 e. The fourth-order valence-electron chi connectivity index (χ4n) is 3.46. The molecular weight excluding hydrogens is 370 g/mol. The van der Waals surface area contributed by atoms with Crippen LogP contribution >= 0.6 is 11.3 Å². The van der Waals surface area contributed by atoms with E-state index >= 15 is 0 Å². The number of rotatable bonds is 8. The quantitative estimate of drug-likeness (QED) is 0.523. The Labute approximate surface area is 172 Å². The molecule has 0 aliphatic carbocycles. The number of aryl methyl sites for hydroxylation is 1. The molecule has 0 bridgehead atoms. The lowest BCUT2D eigenvalue weighted by Gasteiger charge is -2.32. The molecule has 3 rings (SSSR count). The van der Waals surface area contributed by atoms with E-state index in [2.05, 4.69) is 50.2 Å². The molecule has 3 heterocycles. The minimum Gasteiger partial charge on any atom is -0.356 e. The lowest BCUT2D eigenvalue weighted by atomic mass is 10.1. The summed E-state index contributed by atoms with van der Waals surface area (Å²) < 4.78 is 2.00. The number of aliphatic imine (C=N–C) groups is 1. The number of nitrogens with zero attached hydrogens (tertiary/aromatic N) is 5. The summed E-state index contributed by atoms with van der Waals surface area (Å²) >= 11 is 1.80. The number of thiophene rings is 1. The number of hydrogen-bond donors (Lipinski definition) is 2. The molecular formula is C20H33N7S. The maximum atomic E-state index is 4.80. The first-order valence-corrected chi connectivity index (χ1v) is 11.2. The lowest BCUT2D eigenvalue weighted by molar-refractivity contribution is 0.206. The Morgan fingerprint density at radius 3 is 2.79 bits per heavy atom. The van der Waals surface area contributed by atoms with Gasteiger partial charge >= 0.3 is 0 Å². The number of nitrogens with one attached hydrogen (secondary N) is 2. The molecule has 154 valence electrons. The predicted octanol–water partition coefficient (Wildman–Crippen LogP) is 2.34. The second kappa shape index (κ2) is 10.6. The molecule has 0 unspecified atom stereocenters. The van der Waals surface area contributed by atoms with Crippen LogP contribution in [0.4, 0.5) is 0 Å². The summed E-state index contributed by atoms with van der Waals surface area (Å²) in [6.07, 6.45) is 4.56. The Balaban J connectivity index is 1.57. The number of hydrogen-bond acceptors (Lipinski definition) is 5. The van der Waals surface area contributed by atoms with Crippen molar-refractivity contribution in [2.45, 2.75) is 52.1 Å². The van der Waals surface area contributed by atoms with E-state index in [1.807, 2.05) is 18.5 Å². The third-order valence-corrected chi connectivity index (χ3v) is 6.21. The zero-order valence-corrected chi connectivity index (χ0v) is 18.1. The molecule has 0 saturated carbocycles. The van der Waals surface area contributed by atoms with Gasteiger partial charge in [-0.3, -0.25) is 0 Å². The van der Waals surface area contributed by atoms with E-state index < -0.39 is 0 Å². The number of guanidine groups is 1. The van der Waals surface area contributed by atoms with Crippen molar-refractivity contribution < 1.29 is 0 Å². The van der Waals surface area contributed by atoms with Gasteiger partial charge in [0.15, 0.2) is 11.8 Å². The Kier molecular flexibility index (Phi) is 7.85. The van der Waals surface area contributed by atoms with Crippen molar-refractivity contribution in [1.29, 1.82) is 0 Å². The third kappa shape index (κ3) is 6.04. The molecule has 0 radical (unpaired) electrons. The van der Waals surface area contributed by atoms with Gasteiger partial charge in [0, 0.05) is 37.6 Å². The van der Waals surface area contributed by atoms with Crippen LogP contribution in [0.2, 0.25) is 0 Å². The normalized spacial score (nSPS) is 16.5. The molecule has 2 aromatic rings. The third-order valence-electron chi connectivity index (χ3n) is 5.27. The van der Waals surface area contributed by atoms with E-state index in [0.29, 0.717) is 12.6 Å². The van der Waals surface area contributed by atoms with Gasteiger partial charge in [0.2, 0.25) is 0 Å². The van der Waals surface area contributed by atoms with Crippen LogP contribution in [0.3, 0.4) is 0 Å². The van der Waals surface area contributed by atoms with Crippen LogP contribution in [0.25, 0.3) is 0 Å². The van der Waals surface area contributed by atoms with Crippen LogP contribution in [-0.2, 0) is 20.0 Å². The molecule has 0 atom stereocenters. The van der Waals surface area contributed by atoms with Crippen LogP contribution in [-0.4, -0.2) is 57.8 Å². The molecule has 1 aliphatic rings. The van der Waals surface area contributed by atoms with E-state index in [-0.39, 0.29) is 0 Å². The molecule has 2 aromatic heterocycles. The number of piperidine rings is 1. The molecule has 1 aliphatic heterocycles. The van der Waals surface area contributed by atoms with E-state index in [9.17, 15) is 0 Å². The fraction of sp³-hybridized carbons (Fsp3) is 0.650. The van der Waals surface area contributed by atoms with Crippen molar-refractivity contribution in [3.63, 3.8) is 0 Å². The summed E-state index contributed by atoms with van der Waals surface area (Å²) in [5, 5.41) is 17.7. The van der Waals surface area contributed by atoms with Gasteiger partial charge in [-0.25, -0.2) is 4.99 Å². The molecule has 7 nitrogen and oxygen atoms in total. The van der Waals surface area contributed by atoms with E-state index in [4.69, 9.17) is 4.99 Å². The second-order valence-corrected chi connectivity index (χ2v) is 8.44. The summed E-state index contributed by atoms with van der Waals surface area (Å²) in [7, 11) is 1.99. The zero-order chi connectivity index (χ0) is 19.8. The van der Waals surface area contributed by atoms with Crippen LogP contribution in [0.5, 0.6) is 0 Å². The van der Waals surface area contributed by atoms with Crippen molar-refractivity contribution in [2.24, 2.45) is 12.0 Å². The topological polar surface area (TPSA) is 70.4 Å². The molecule has 0 amide bonds. The summed E-state index contributed by atoms with van der Waals surface area (Å²) in [4.78, 5) is 8.75. The van der Waals surface area contributed by atoms with Crippen LogP contribution in [0.1, 0.15) is 42.7 Å². The molecule has 0 spiro atoms. The summed E-state index contributed by atoms with van der Waals surface area (Å²) in [6.45, 7) is 9.15. The monoisotopic (exact) mass is 403 g/mol. The summed E-state index contributed by atoms with van der Waals surface area (Å²) in [6, 6.07) is 4.76. The van der Waals surface area contributed by atoms with Gasteiger partial charge in [0.05, 0.1) is 0 Å². The first kappa shape index (κ1) is 20.8. The van der Waals surface area contributed by atoms with Crippen molar-refractivity contribution in [2.75, 3.05) is 26.2 Å². The highest BCUT2D eigenvalue weighted by atomic mass is 32.1. The van der Waals surface area contributed by atoms with Gasteiger partial charge in [-0.05, 0) is 50.6 Å². The smallest absolute Gasteiger partial charge is 0.191 e. The average molecular weight is 404 g/mol. The maximum absolute atomic E-state index is 4.80. The zero-order valence-electron chi connectivity index (χ0n) is 17.3. The van der Waals surface area contributed by atoms with Crippen molar-refractivity contribution in [1.82, 2.24) is 30.3 Å². The average Bonchev–Trinajstić information content (AvgIpc) is 3.32. The molecule has 0 aromatic carbocycles. The summed E-state index contributed by atoms with van der Waals surface area (Å²) in [5.74, 6) is 2.68. The Bertz CT molecular complexity index is 730. The molecule has 1 fully saturated rings. The Morgan fingerprint density at radius 1 is 1.32 bits per heavy atom. The Hall–Kier alpha value is -1.93. The number of likely N-dealkylation sites (tertiary alicyclic amines) is 1. The number of aromatic nitrogens is 3. The Morgan fingerprint density at radius 2 is 2.14 bits per heavy atom. The maximum Gasteiger partial charge on any atom is 0.191 e. The highest BCUT2D eigenvalue weighted by molar-refractivity contribution is 7.09. The van der Waals surface area contributed by atoms with Crippen LogP contribution in [0, 0.1) is 6.92 Å². The summed E-state index contributed by atoms with van der Waals surface area (Å²) in [5.41, 5.74) is 0. The fourth-order valence-corrected chi connectivity index (χ4v) is 4.17. The minimum absolute atomic E-state index is 0.474. The highest BCUT2D eigenvalue weighted by Gasteiger charge is 2.19. The first-order valence-electron chi connectivity index (χ1n) is 10.3. The van der Waals surface area contributed by atoms with Gasteiger partial charge in [0.1, 0.15) is 12.4 Å². The van der Waals surface area contributed by atoms with Gasteiger partial charge in [-0.15, -0.1) is 21.5 Å². The standard InChI is InChI=1S/C20H33N7S/c1-4-11-27-12-8-17(9-13-27)23-20(21-10-7-18-6-5-14-28-18)22-15-19-25-24-16(2)26(19)3/h5-6,14,17H,4,7-13,15H2,1-3H3,(H2,21,22,23). The van der Waals surface area contributed by atoms with E-state index in [1.54, 1.807) is 11.3 Å². The molecule has 1 saturated heterocycles. The van der Waals surface area contributed by atoms with Gasteiger partial charge in [-0.2, -0.15) is 0 Å². The minimum atomic E-state index is 0.474. The van der Waals surface area contributed by atoms with Gasteiger partial charge < -0.3 is 20.1 Å². The van der Waals surface area contributed by atoms with Crippen molar-refractivity contribution >= 4 is 17.3 Å². The van der Waals surface area contributed by atoms with E-state index in [0.717, 1.165) is 56.5 Å². The molecule has 28 heavy (non-hydrogen) atoms. The SMILES string of the molecule is CCCN1CCC(NC(=NCc2nnc(C)n2C)NCCc2cccs2)CC1. The lowest BCUT2D eigenvalue weighted by Crippen LogP contribution is -2.49. The molecule has 8 heteroatoms. The first-order chi connectivity index (χ1) is 13.7. The van der Waals surface area contributed by atoms with Gasteiger partial charge in [0.25, 0.3) is 0 Å². The van der Waals surface area contributed by atoms with Crippen LogP contribution in [0.15, 0.2) is 22.5 Å². The van der Waals surface area contributed by atoms with E-state index in [1.165, 1.54) is 17.8 Å². The molecule has 2 N–H and O–H groups in total. The second-order valence-electron chi connectivity index (χ2n) is 7.40. The van der Waals surface area contributed by atoms with Crippen LogP contribution < -0.4 is 10.6 Å². The highest BCUT2D eigenvalue weighted by Crippen LogP contribution is 2.11. The van der Waals surface area contributed by atoms with Crippen molar-refractivity contribution in [3.8, 4) is 0 Å². The predicted molar refractivity (Wildman–Crippen MR) is 116 cm³/mol.